The number of hydrogen-bond acceptors (Lipinski definition) is 4. The van der Waals surface area contributed by atoms with E-state index in [2.05, 4.69) is 11.9 Å². The fourth-order valence-corrected chi connectivity index (χ4v) is 5.08. The molecule has 0 spiro atoms. The van der Waals surface area contributed by atoms with E-state index in [4.69, 9.17) is 5.73 Å². The Kier molecular flexibility index (Phi) is 4.16. The van der Waals surface area contributed by atoms with Crippen molar-refractivity contribution < 1.29 is 8.42 Å². The van der Waals surface area contributed by atoms with E-state index in [9.17, 15) is 8.42 Å². The van der Waals surface area contributed by atoms with Crippen LogP contribution < -0.4 is 5.73 Å². The lowest BCUT2D eigenvalue weighted by atomic mass is 9.94. The predicted molar refractivity (Wildman–Crippen MR) is 86.9 cm³/mol. The van der Waals surface area contributed by atoms with E-state index < -0.39 is 10.0 Å². The number of hydrogen-bond donors (Lipinski definition) is 1. The van der Waals surface area contributed by atoms with Gasteiger partial charge in [-0.15, -0.1) is 0 Å². The van der Waals surface area contributed by atoms with E-state index in [1.807, 2.05) is 6.07 Å². The molecule has 2 heterocycles. The van der Waals surface area contributed by atoms with Gasteiger partial charge in [0.1, 0.15) is 0 Å². The maximum Gasteiger partial charge on any atom is 0.243 e. The largest absolute Gasteiger partial charge is 0.329 e. The molecule has 6 heteroatoms. The van der Waals surface area contributed by atoms with Crippen molar-refractivity contribution in [2.75, 3.05) is 13.1 Å². The summed E-state index contributed by atoms with van der Waals surface area (Å²) >= 11 is 0. The first-order valence-electron chi connectivity index (χ1n) is 7.58. The third-order valence-electron chi connectivity index (χ3n) is 4.42. The molecule has 1 fully saturated rings. The minimum Gasteiger partial charge on any atom is -0.329 e. The molecular formula is C16H21N3O2S. The second kappa shape index (κ2) is 5.95. The SMILES string of the molecule is CC1CCN(S(=O)(=O)c2cccc3cnccc23)C(CN)C1. The van der Waals surface area contributed by atoms with Crippen molar-refractivity contribution in [1.29, 1.82) is 0 Å². The van der Waals surface area contributed by atoms with Crippen LogP contribution in [0, 0.1) is 5.92 Å². The van der Waals surface area contributed by atoms with Gasteiger partial charge in [0.25, 0.3) is 0 Å². The molecule has 1 aliphatic heterocycles. The Hall–Kier alpha value is -1.50. The van der Waals surface area contributed by atoms with Gasteiger partial charge >= 0.3 is 0 Å². The van der Waals surface area contributed by atoms with E-state index in [1.54, 1.807) is 34.9 Å². The molecule has 3 rings (SSSR count). The molecule has 5 nitrogen and oxygen atoms in total. The van der Waals surface area contributed by atoms with E-state index in [-0.39, 0.29) is 6.04 Å². The topological polar surface area (TPSA) is 76.3 Å². The van der Waals surface area contributed by atoms with Crippen molar-refractivity contribution in [2.24, 2.45) is 11.7 Å². The van der Waals surface area contributed by atoms with Gasteiger partial charge in [0.15, 0.2) is 0 Å². The molecule has 1 saturated heterocycles. The Labute approximate surface area is 131 Å². The molecule has 0 aliphatic carbocycles. The summed E-state index contributed by atoms with van der Waals surface area (Å²) in [6.07, 6.45) is 5.01. The Morgan fingerprint density at radius 3 is 2.95 bits per heavy atom. The summed E-state index contributed by atoms with van der Waals surface area (Å²) in [6, 6.07) is 6.95. The Bertz CT molecular complexity index is 771. The van der Waals surface area contributed by atoms with Crippen molar-refractivity contribution in [3.8, 4) is 0 Å². The van der Waals surface area contributed by atoms with Gasteiger partial charge in [0.2, 0.25) is 10.0 Å². The number of pyridine rings is 1. The molecule has 0 saturated carbocycles. The Morgan fingerprint density at radius 1 is 1.36 bits per heavy atom. The molecule has 2 N–H and O–H groups in total. The summed E-state index contributed by atoms with van der Waals surface area (Å²) in [4.78, 5) is 4.41. The van der Waals surface area contributed by atoms with Crippen LogP contribution in [0.1, 0.15) is 19.8 Å². The summed E-state index contributed by atoms with van der Waals surface area (Å²) in [5, 5.41) is 1.55. The highest BCUT2D eigenvalue weighted by atomic mass is 32.2. The first-order chi connectivity index (χ1) is 10.5. The molecule has 0 amide bonds. The normalized spacial score (nSPS) is 23.7. The van der Waals surface area contributed by atoms with Crippen molar-refractivity contribution in [1.82, 2.24) is 9.29 Å². The average Bonchev–Trinajstić information content (AvgIpc) is 2.53. The van der Waals surface area contributed by atoms with Crippen molar-refractivity contribution in [3.63, 3.8) is 0 Å². The lowest BCUT2D eigenvalue weighted by Crippen LogP contribution is -2.49. The monoisotopic (exact) mass is 319 g/mol. The quantitative estimate of drug-likeness (QED) is 0.938. The number of nitrogens with two attached hydrogens (primary N) is 1. The molecule has 2 atom stereocenters. The fraction of sp³-hybridized carbons (Fsp3) is 0.438. The number of piperidine rings is 1. The minimum atomic E-state index is -3.55. The molecule has 118 valence electrons. The summed E-state index contributed by atoms with van der Waals surface area (Å²) < 4.78 is 27.8. The third kappa shape index (κ3) is 2.62. The van der Waals surface area contributed by atoms with Crippen LogP contribution in [0.25, 0.3) is 10.8 Å². The highest BCUT2D eigenvalue weighted by molar-refractivity contribution is 7.89. The van der Waals surface area contributed by atoms with Crippen LogP contribution in [0.3, 0.4) is 0 Å². The maximum absolute atomic E-state index is 13.1. The number of aromatic nitrogens is 1. The number of rotatable bonds is 3. The summed E-state index contributed by atoms with van der Waals surface area (Å²) in [5.74, 6) is 0.511. The van der Waals surface area contributed by atoms with Crippen molar-refractivity contribution in [3.05, 3.63) is 36.7 Å². The van der Waals surface area contributed by atoms with Gasteiger partial charge in [-0.25, -0.2) is 8.42 Å². The second-order valence-corrected chi connectivity index (χ2v) is 7.85. The molecule has 1 aromatic carbocycles. The molecule has 2 unspecified atom stereocenters. The Balaban J connectivity index is 2.08. The van der Waals surface area contributed by atoms with Crippen LogP contribution in [0.2, 0.25) is 0 Å². The van der Waals surface area contributed by atoms with Crippen LogP contribution in [-0.2, 0) is 10.0 Å². The van der Waals surface area contributed by atoms with E-state index >= 15 is 0 Å². The molecule has 22 heavy (non-hydrogen) atoms. The van der Waals surface area contributed by atoms with E-state index in [0.29, 0.717) is 29.3 Å². The lowest BCUT2D eigenvalue weighted by molar-refractivity contribution is 0.211. The minimum absolute atomic E-state index is 0.120. The lowest BCUT2D eigenvalue weighted by Gasteiger charge is -2.37. The average molecular weight is 319 g/mol. The summed E-state index contributed by atoms with van der Waals surface area (Å²) in [6.45, 7) is 3.04. The molecule has 0 radical (unpaired) electrons. The third-order valence-corrected chi connectivity index (χ3v) is 6.43. The standard InChI is InChI=1S/C16H21N3O2S/c1-12-6-8-19(14(9-12)10-17)22(20,21)16-4-2-3-13-11-18-7-5-15(13)16/h2-5,7,11-12,14H,6,8-10,17H2,1H3. The molecule has 1 aliphatic rings. The van der Waals surface area contributed by atoms with Gasteiger partial charge in [0.05, 0.1) is 4.90 Å². The molecule has 0 bridgehead atoms. The predicted octanol–water partition coefficient (Wildman–Crippen LogP) is 1.98. The van der Waals surface area contributed by atoms with Gasteiger partial charge < -0.3 is 5.73 Å². The smallest absolute Gasteiger partial charge is 0.243 e. The summed E-state index contributed by atoms with van der Waals surface area (Å²) in [5.41, 5.74) is 5.83. The van der Waals surface area contributed by atoms with Gasteiger partial charge in [-0.2, -0.15) is 4.31 Å². The zero-order valence-electron chi connectivity index (χ0n) is 12.6. The highest BCUT2D eigenvalue weighted by Gasteiger charge is 2.35. The second-order valence-electron chi connectivity index (χ2n) is 5.99. The summed E-state index contributed by atoms with van der Waals surface area (Å²) in [7, 11) is -3.55. The maximum atomic E-state index is 13.1. The van der Waals surface area contributed by atoms with Gasteiger partial charge in [-0.1, -0.05) is 19.1 Å². The zero-order chi connectivity index (χ0) is 15.7. The first-order valence-corrected chi connectivity index (χ1v) is 9.02. The number of fused-ring (bicyclic) bond motifs is 1. The first kappa shape index (κ1) is 15.4. The van der Waals surface area contributed by atoms with Crippen LogP contribution in [0.15, 0.2) is 41.6 Å². The zero-order valence-corrected chi connectivity index (χ0v) is 13.5. The van der Waals surface area contributed by atoms with Crippen LogP contribution in [0.5, 0.6) is 0 Å². The van der Waals surface area contributed by atoms with Crippen LogP contribution in [-0.4, -0.2) is 36.8 Å². The van der Waals surface area contributed by atoms with Crippen LogP contribution in [0.4, 0.5) is 0 Å². The van der Waals surface area contributed by atoms with Crippen LogP contribution >= 0.6 is 0 Å². The van der Waals surface area contributed by atoms with Gasteiger partial charge in [-0.05, 0) is 30.9 Å². The van der Waals surface area contributed by atoms with E-state index in [1.165, 1.54) is 0 Å². The molecular weight excluding hydrogens is 298 g/mol. The van der Waals surface area contributed by atoms with Crippen molar-refractivity contribution >= 4 is 20.8 Å². The fourth-order valence-electron chi connectivity index (χ4n) is 3.20. The number of nitrogens with zero attached hydrogens (tertiary/aromatic N) is 2. The molecule has 1 aromatic heterocycles. The highest BCUT2D eigenvalue weighted by Crippen LogP contribution is 2.31. The number of benzene rings is 1. The van der Waals surface area contributed by atoms with Gasteiger partial charge in [0, 0.05) is 42.3 Å². The van der Waals surface area contributed by atoms with Crippen molar-refractivity contribution in [2.45, 2.75) is 30.7 Å². The molecule has 2 aromatic rings. The Morgan fingerprint density at radius 2 is 2.18 bits per heavy atom. The van der Waals surface area contributed by atoms with E-state index in [0.717, 1.165) is 18.2 Å². The number of sulfonamides is 1. The van der Waals surface area contributed by atoms with Gasteiger partial charge in [-0.3, -0.25) is 4.98 Å².